The third kappa shape index (κ3) is 5.45. The fraction of sp³-hybridized carbons (Fsp3) is 0.440. The zero-order chi connectivity index (χ0) is 27.0. The van der Waals surface area contributed by atoms with Gasteiger partial charge in [0.1, 0.15) is 16.5 Å². The maximum atomic E-state index is 11.8. The number of aromatic carboxylic acids is 1. The molecular formula is C25H30N6O5S2. The van der Waals surface area contributed by atoms with Gasteiger partial charge in [-0.1, -0.05) is 23.5 Å². The summed E-state index contributed by atoms with van der Waals surface area (Å²) in [6.07, 6.45) is 3.87. The summed E-state index contributed by atoms with van der Waals surface area (Å²) in [5.74, 6) is 1.08. The number of aliphatic hydroxyl groups is 1. The number of carboxylic acids is 1. The smallest absolute Gasteiger partial charge is 0.347 e. The number of benzene rings is 1. The maximum absolute atomic E-state index is 11.8. The largest absolute Gasteiger partial charge is 0.477 e. The third-order valence-corrected chi connectivity index (χ3v) is 9.10. The zero-order valence-electron chi connectivity index (χ0n) is 21.2. The Morgan fingerprint density at radius 1 is 1.16 bits per heavy atom. The molecular weight excluding hydrogens is 528 g/mol. The van der Waals surface area contributed by atoms with Gasteiger partial charge in [0.25, 0.3) is 0 Å². The van der Waals surface area contributed by atoms with Crippen LogP contribution in [0.25, 0.3) is 0 Å². The molecule has 0 aliphatic carbocycles. The highest BCUT2D eigenvalue weighted by atomic mass is 32.2. The van der Waals surface area contributed by atoms with Crippen molar-refractivity contribution in [3.8, 4) is 0 Å². The van der Waals surface area contributed by atoms with Crippen LogP contribution in [0.4, 0.5) is 22.7 Å². The number of piperidine rings is 1. The quantitative estimate of drug-likeness (QED) is 0.375. The molecule has 1 aromatic carbocycles. The van der Waals surface area contributed by atoms with E-state index >= 15 is 0 Å². The van der Waals surface area contributed by atoms with Crippen molar-refractivity contribution in [3.05, 3.63) is 46.0 Å². The number of rotatable bonds is 8. The fourth-order valence-corrected chi connectivity index (χ4v) is 6.41. The molecule has 0 bridgehead atoms. The van der Waals surface area contributed by atoms with E-state index in [9.17, 15) is 23.4 Å². The molecule has 3 aromatic rings. The van der Waals surface area contributed by atoms with Gasteiger partial charge in [-0.05, 0) is 49.8 Å². The van der Waals surface area contributed by atoms with Crippen molar-refractivity contribution in [2.45, 2.75) is 37.6 Å². The third-order valence-electron chi connectivity index (χ3n) is 6.91. The Labute approximate surface area is 225 Å². The highest BCUT2D eigenvalue weighted by Gasteiger charge is 2.31. The van der Waals surface area contributed by atoms with Gasteiger partial charge in [-0.25, -0.2) is 18.2 Å². The molecule has 38 heavy (non-hydrogen) atoms. The van der Waals surface area contributed by atoms with Crippen molar-refractivity contribution in [1.82, 2.24) is 15.0 Å². The van der Waals surface area contributed by atoms with Crippen LogP contribution in [0.2, 0.25) is 0 Å². The van der Waals surface area contributed by atoms with Crippen LogP contribution < -0.4 is 15.1 Å². The number of hydrogen-bond acceptors (Lipinski definition) is 11. The highest BCUT2D eigenvalue weighted by molar-refractivity contribution is 7.90. The van der Waals surface area contributed by atoms with Crippen molar-refractivity contribution in [1.29, 1.82) is 0 Å². The van der Waals surface area contributed by atoms with Crippen LogP contribution in [0.15, 0.2) is 29.2 Å². The summed E-state index contributed by atoms with van der Waals surface area (Å²) in [5.41, 5.74) is 2.41. The lowest BCUT2D eigenvalue weighted by Gasteiger charge is -2.34. The standard InChI is InChI=1S/C25H30N6O5S2/c1-15-20(23(33)34)37-25(26-15)29-24-27-21(30-10-3-4-17(13-30)14-32)19-9-11-31(22(19)28-24)12-16-5-7-18(8-6-16)38(2,35)36/h5-8,17,32H,3-4,9-14H2,1-2H3,(H,33,34)(H,26,27,28,29). The zero-order valence-corrected chi connectivity index (χ0v) is 22.8. The Morgan fingerprint density at radius 3 is 2.55 bits per heavy atom. The minimum Gasteiger partial charge on any atom is -0.477 e. The number of anilines is 4. The first-order valence-electron chi connectivity index (χ1n) is 12.4. The van der Waals surface area contributed by atoms with Crippen LogP contribution in [0.3, 0.4) is 0 Å². The molecule has 0 radical (unpaired) electrons. The lowest BCUT2D eigenvalue weighted by molar-refractivity contribution is 0.0701. The molecule has 11 nitrogen and oxygen atoms in total. The molecule has 1 saturated heterocycles. The molecule has 5 rings (SSSR count). The number of aromatic nitrogens is 3. The summed E-state index contributed by atoms with van der Waals surface area (Å²) in [6.45, 7) is 4.58. The van der Waals surface area contributed by atoms with Gasteiger partial charge in [0.15, 0.2) is 15.0 Å². The summed E-state index contributed by atoms with van der Waals surface area (Å²) in [4.78, 5) is 30.3. The number of aliphatic hydroxyl groups excluding tert-OH is 1. The van der Waals surface area contributed by atoms with Gasteiger partial charge in [0, 0.05) is 44.6 Å². The number of nitrogens with zero attached hydrogens (tertiary/aromatic N) is 5. The van der Waals surface area contributed by atoms with E-state index in [2.05, 4.69) is 20.1 Å². The second-order valence-electron chi connectivity index (χ2n) is 9.76. The predicted octanol–water partition coefficient (Wildman–Crippen LogP) is 2.86. The van der Waals surface area contributed by atoms with Gasteiger partial charge in [-0.2, -0.15) is 9.97 Å². The van der Waals surface area contributed by atoms with Crippen LogP contribution in [0, 0.1) is 12.8 Å². The normalized spacial score (nSPS) is 17.5. The molecule has 202 valence electrons. The second-order valence-corrected chi connectivity index (χ2v) is 12.8. The molecule has 0 amide bonds. The average Bonchev–Trinajstić information content (AvgIpc) is 3.46. The van der Waals surface area contributed by atoms with E-state index in [0.717, 1.165) is 66.5 Å². The molecule has 2 aliphatic heterocycles. The minimum absolute atomic E-state index is 0.126. The van der Waals surface area contributed by atoms with Crippen LogP contribution in [-0.2, 0) is 22.8 Å². The number of nitrogens with one attached hydrogen (secondary N) is 1. The number of sulfone groups is 1. The van der Waals surface area contributed by atoms with E-state index in [0.29, 0.717) is 29.9 Å². The number of carboxylic acid groups (broad SMARTS) is 1. The first-order chi connectivity index (χ1) is 18.1. The number of carbonyl (C=O) groups is 1. The molecule has 1 atom stereocenters. The predicted molar refractivity (Wildman–Crippen MR) is 145 cm³/mol. The van der Waals surface area contributed by atoms with Crippen molar-refractivity contribution >= 4 is 49.9 Å². The van der Waals surface area contributed by atoms with Crippen molar-refractivity contribution in [2.75, 3.05) is 47.6 Å². The lowest BCUT2D eigenvalue weighted by atomic mass is 9.98. The Hall–Kier alpha value is -3.29. The Bertz CT molecular complexity index is 1460. The van der Waals surface area contributed by atoms with Gasteiger partial charge in [0.05, 0.1) is 10.6 Å². The summed E-state index contributed by atoms with van der Waals surface area (Å²) in [5, 5.41) is 22.7. The summed E-state index contributed by atoms with van der Waals surface area (Å²) in [6, 6.07) is 6.87. The number of aryl methyl sites for hydroxylation is 1. The number of hydrogen-bond donors (Lipinski definition) is 3. The van der Waals surface area contributed by atoms with Crippen molar-refractivity contribution < 1.29 is 23.4 Å². The Kier molecular flexibility index (Phi) is 7.25. The average molecular weight is 559 g/mol. The monoisotopic (exact) mass is 558 g/mol. The molecule has 0 saturated carbocycles. The molecule has 0 spiro atoms. The SMILES string of the molecule is Cc1nc(Nc2nc3c(c(N4CCCC(CO)C4)n2)CCN3Cc2ccc(S(C)(=O)=O)cc2)sc1C(=O)O. The van der Waals surface area contributed by atoms with Crippen molar-refractivity contribution in [3.63, 3.8) is 0 Å². The molecule has 2 aromatic heterocycles. The van der Waals surface area contributed by atoms with Crippen LogP contribution in [0.1, 0.15) is 39.3 Å². The highest BCUT2D eigenvalue weighted by Crippen LogP contribution is 2.37. The van der Waals surface area contributed by atoms with Gasteiger partial charge in [0.2, 0.25) is 5.95 Å². The van der Waals surface area contributed by atoms with E-state index in [1.807, 2.05) is 12.1 Å². The van der Waals surface area contributed by atoms with E-state index in [-0.39, 0.29) is 22.3 Å². The first-order valence-corrected chi connectivity index (χ1v) is 15.1. The summed E-state index contributed by atoms with van der Waals surface area (Å²) < 4.78 is 23.7. The van der Waals surface area contributed by atoms with Gasteiger partial charge in [-0.15, -0.1) is 0 Å². The topological polar surface area (TPSA) is 149 Å². The molecule has 1 fully saturated rings. The minimum atomic E-state index is -3.27. The second kappa shape index (κ2) is 10.5. The Morgan fingerprint density at radius 2 is 1.89 bits per heavy atom. The van der Waals surface area contributed by atoms with E-state index in [1.54, 1.807) is 19.1 Å². The first kappa shape index (κ1) is 26.3. The molecule has 3 N–H and O–H groups in total. The number of fused-ring (bicyclic) bond motifs is 1. The van der Waals surface area contributed by atoms with Crippen LogP contribution in [0.5, 0.6) is 0 Å². The fourth-order valence-electron chi connectivity index (χ4n) is 4.98. The molecule has 4 heterocycles. The molecule has 13 heteroatoms. The summed E-state index contributed by atoms with van der Waals surface area (Å²) in [7, 11) is -3.27. The van der Waals surface area contributed by atoms with Crippen LogP contribution in [-0.4, -0.2) is 72.0 Å². The van der Waals surface area contributed by atoms with Gasteiger partial charge >= 0.3 is 5.97 Å². The maximum Gasteiger partial charge on any atom is 0.347 e. The Balaban J connectivity index is 1.48. The van der Waals surface area contributed by atoms with Crippen LogP contribution >= 0.6 is 11.3 Å². The van der Waals surface area contributed by atoms with E-state index in [1.165, 1.54) is 6.26 Å². The lowest BCUT2D eigenvalue weighted by Crippen LogP contribution is -2.38. The van der Waals surface area contributed by atoms with Crippen molar-refractivity contribution in [2.24, 2.45) is 5.92 Å². The van der Waals surface area contributed by atoms with E-state index < -0.39 is 15.8 Å². The van der Waals surface area contributed by atoms with E-state index in [4.69, 9.17) is 9.97 Å². The number of thiazole rings is 1. The van der Waals surface area contributed by atoms with Gasteiger partial charge in [-0.3, -0.25) is 5.32 Å². The summed E-state index contributed by atoms with van der Waals surface area (Å²) >= 11 is 1.04. The molecule has 1 unspecified atom stereocenters. The van der Waals surface area contributed by atoms with Gasteiger partial charge < -0.3 is 20.0 Å². The molecule has 2 aliphatic rings.